The minimum atomic E-state index is -3.58. The molecule has 0 radical (unpaired) electrons. The molecular formula is C11H14Br2N2O2S. The van der Waals surface area contributed by atoms with E-state index in [-0.39, 0.29) is 11.4 Å². The number of nitrogens with two attached hydrogens (primary N) is 1. The maximum absolute atomic E-state index is 12.1. The third-order valence-electron chi connectivity index (χ3n) is 2.07. The summed E-state index contributed by atoms with van der Waals surface area (Å²) in [6.45, 7) is 4.07. The molecule has 4 nitrogen and oxygen atoms in total. The summed E-state index contributed by atoms with van der Waals surface area (Å²) in [7, 11) is -3.58. The molecule has 100 valence electrons. The Kier molecular flexibility index (Phi) is 5.39. The van der Waals surface area contributed by atoms with Crippen molar-refractivity contribution in [3.8, 4) is 0 Å². The van der Waals surface area contributed by atoms with Crippen LogP contribution in [0.5, 0.6) is 0 Å². The fourth-order valence-electron chi connectivity index (χ4n) is 1.26. The number of sulfonamides is 1. The molecule has 3 N–H and O–H groups in total. The van der Waals surface area contributed by atoms with Crippen LogP contribution in [-0.4, -0.2) is 15.0 Å². The highest BCUT2D eigenvalue weighted by molar-refractivity contribution is 9.11. The van der Waals surface area contributed by atoms with Crippen molar-refractivity contribution in [3.63, 3.8) is 0 Å². The van der Waals surface area contributed by atoms with Gasteiger partial charge in [0, 0.05) is 21.2 Å². The maximum atomic E-state index is 12.1. The van der Waals surface area contributed by atoms with Crippen molar-refractivity contribution in [2.45, 2.75) is 18.7 Å². The van der Waals surface area contributed by atoms with E-state index in [0.29, 0.717) is 14.6 Å². The molecule has 1 aromatic carbocycles. The van der Waals surface area contributed by atoms with E-state index < -0.39 is 10.0 Å². The van der Waals surface area contributed by atoms with E-state index in [1.54, 1.807) is 18.2 Å². The third-order valence-corrected chi connectivity index (χ3v) is 5.37. The van der Waals surface area contributed by atoms with Gasteiger partial charge in [0.1, 0.15) is 4.90 Å². The van der Waals surface area contributed by atoms with E-state index in [1.165, 1.54) is 0 Å². The second kappa shape index (κ2) is 6.18. The lowest BCUT2D eigenvalue weighted by Crippen LogP contribution is -2.24. The Morgan fingerprint density at radius 3 is 2.28 bits per heavy atom. The molecule has 0 aliphatic rings. The third kappa shape index (κ3) is 4.08. The van der Waals surface area contributed by atoms with Gasteiger partial charge in [-0.15, -0.1) is 0 Å². The first-order chi connectivity index (χ1) is 8.24. The molecule has 18 heavy (non-hydrogen) atoms. The van der Waals surface area contributed by atoms with Crippen molar-refractivity contribution in [1.82, 2.24) is 4.72 Å². The van der Waals surface area contributed by atoms with Crippen molar-refractivity contribution in [3.05, 3.63) is 32.7 Å². The minimum absolute atomic E-state index is 0.152. The smallest absolute Gasteiger partial charge is 0.243 e. The Morgan fingerprint density at radius 2 is 1.83 bits per heavy atom. The fourth-order valence-corrected chi connectivity index (χ4v) is 4.84. The number of nitrogen functional groups attached to an aromatic ring is 1. The molecule has 0 saturated carbocycles. The summed E-state index contributed by atoms with van der Waals surface area (Å²) < 4.78 is 27.6. The predicted molar refractivity (Wildman–Crippen MR) is 80.9 cm³/mol. The van der Waals surface area contributed by atoms with Gasteiger partial charge >= 0.3 is 0 Å². The summed E-state index contributed by atoms with van der Waals surface area (Å²) in [5.41, 5.74) is 7.16. The number of benzene rings is 1. The van der Waals surface area contributed by atoms with Gasteiger partial charge in [0.25, 0.3) is 0 Å². The number of halogens is 2. The summed E-state index contributed by atoms with van der Waals surface area (Å²) in [4.78, 5) is 0.152. The van der Waals surface area contributed by atoms with Gasteiger partial charge in [-0.05, 0) is 57.8 Å². The van der Waals surface area contributed by atoms with Gasteiger partial charge in [0.05, 0.1) is 0 Å². The molecule has 0 aliphatic heterocycles. The Labute approximate surface area is 124 Å². The molecule has 0 unspecified atom stereocenters. The number of anilines is 1. The number of rotatable bonds is 4. The van der Waals surface area contributed by atoms with Crippen LogP contribution in [0.2, 0.25) is 0 Å². The summed E-state index contributed by atoms with van der Waals surface area (Å²) in [6, 6.07) is 3.11. The molecule has 0 aliphatic carbocycles. The van der Waals surface area contributed by atoms with Gasteiger partial charge < -0.3 is 5.73 Å². The lowest BCUT2D eigenvalue weighted by molar-refractivity contribution is 0.584. The molecule has 7 heteroatoms. The van der Waals surface area contributed by atoms with E-state index in [1.807, 2.05) is 13.8 Å². The second-order valence-electron chi connectivity index (χ2n) is 3.95. The van der Waals surface area contributed by atoms with E-state index in [0.717, 1.165) is 5.57 Å². The normalized spacial score (nSPS) is 11.3. The standard InChI is InChI=1S/C11H14Br2N2O2S/c1-7(2)3-4-15-18(16,17)11-9(12)5-8(14)6-10(11)13/h3,5-6,15H,4,14H2,1-2H3. The highest BCUT2D eigenvalue weighted by Crippen LogP contribution is 2.32. The Morgan fingerprint density at radius 1 is 1.33 bits per heavy atom. The maximum Gasteiger partial charge on any atom is 0.243 e. The van der Waals surface area contributed by atoms with Gasteiger partial charge in [-0.3, -0.25) is 0 Å². The molecule has 0 spiro atoms. The first-order valence-corrected chi connectivity index (χ1v) is 8.18. The molecule has 0 atom stereocenters. The summed E-state index contributed by atoms with van der Waals surface area (Å²) in [5, 5.41) is 0. The number of allylic oxidation sites excluding steroid dienone is 1. The van der Waals surface area contributed by atoms with E-state index in [4.69, 9.17) is 5.73 Å². The van der Waals surface area contributed by atoms with Gasteiger partial charge in [-0.25, -0.2) is 13.1 Å². The fraction of sp³-hybridized carbons (Fsp3) is 0.273. The monoisotopic (exact) mass is 396 g/mol. The molecular weight excluding hydrogens is 384 g/mol. The van der Waals surface area contributed by atoms with Crippen molar-refractivity contribution < 1.29 is 8.42 Å². The SMILES string of the molecule is CC(C)=CCNS(=O)(=O)c1c(Br)cc(N)cc1Br. The zero-order valence-electron chi connectivity index (χ0n) is 10.00. The average Bonchev–Trinajstić information content (AvgIpc) is 2.13. The van der Waals surface area contributed by atoms with Crippen LogP contribution in [-0.2, 0) is 10.0 Å². The van der Waals surface area contributed by atoms with E-state index >= 15 is 0 Å². The van der Waals surface area contributed by atoms with E-state index in [9.17, 15) is 8.42 Å². The molecule has 0 aromatic heterocycles. The number of hydrogen-bond acceptors (Lipinski definition) is 3. The average molecular weight is 398 g/mol. The largest absolute Gasteiger partial charge is 0.399 e. The first kappa shape index (κ1) is 15.7. The molecule has 1 aromatic rings. The van der Waals surface area contributed by atoms with Gasteiger partial charge in [-0.1, -0.05) is 11.6 Å². The van der Waals surface area contributed by atoms with Crippen molar-refractivity contribution in [2.24, 2.45) is 0 Å². The van der Waals surface area contributed by atoms with Crippen LogP contribution in [0.25, 0.3) is 0 Å². The van der Waals surface area contributed by atoms with Crippen LogP contribution in [0, 0.1) is 0 Å². The Hall–Kier alpha value is -0.370. The number of hydrogen-bond donors (Lipinski definition) is 2. The highest BCUT2D eigenvalue weighted by atomic mass is 79.9. The quantitative estimate of drug-likeness (QED) is 0.605. The molecule has 0 bridgehead atoms. The first-order valence-electron chi connectivity index (χ1n) is 5.11. The van der Waals surface area contributed by atoms with Crippen molar-refractivity contribution >= 4 is 47.6 Å². The highest BCUT2D eigenvalue weighted by Gasteiger charge is 2.20. The van der Waals surface area contributed by atoms with Crippen LogP contribution in [0.15, 0.2) is 37.6 Å². The predicted octanol–water partition coefficient (Wildman–Crippen LogP) is 3.04. The lowest BCUT2D eigenvalue weighted by Gasteiger charge is -2.10. The summed E-state index contributed by atoms with van der Waals surface area (Å²) >= 11 is 6.42. The zero-order valence-corrected chi connectivity index (χ0v) is 14.0. The minimum Gasteiger partial charge on any atom is -0.399 e. The van der Waals surface area contributed by atoms with Crippen LogP contribution in [0.1, 0.15) is 13.8 Å². The van der Waals surface area contributed by atoms with Crippen LogP contribution in [0.4, 0.5) is 5.69 Å². The Balaban J connectivity index is 3.10. The van der Waals surface area contributed by atoms with Crippen molar-refractivity contribution in [2.75, 3.05) is 12.3 Å². The summed E-state index contributed by atoms with van der Waals surface area (Å²) in [5.74, 6) is 0. The van der Waals surface area contributed by atoms with Crippen LogP contribution >= 0.6 is 31.9 Å². The zero-order chi connectivity index (χ0) is 13.9. The lowest BCUT2D eigenvalue weighted by atomic mass is 10.3. The molecule has 0 heterocycles. The topological polar surface area (TPSA) is 72.2 Å². The molecule has 0 saturated heterocycles. The van der Waals surface area contributed by atoms with E-state index in [2.05, 4.69) is 36.6 Å². The van der Waals surface area contributed by atoms with Crippen LogP contribution in [0.3, 0.4) is 0 Å². The molecule has 1 rings (SSSR count). The Bertz CT molecular complexity index is 556. The summed E-state index contributed by atoms with van der Waals surface area (Å²) in [6.07, 6.45) is 1.80. The van der Waals surface area contributed by atoms with Crippen LogP contribution < -0.4 is 10.5 Å². The van der Waals surface area contributed by atoms with Gasteiger partial charge in [0.15, 0.2) is 0 Å². The number of nitrogens with one attached hydrogen (secondary N) is 1. The van der Waals surface area contributed by atoms with Gasteiger partial charge in [-0.2, -0.15) is 0 Å². The molecule has 0 fully saturated rings. The van der Waals surface area contributed by atoms with Crippen molar-refractivity contribution in [1.29, 1.82) is 0 Å². The molecule has 0 amide bonds. The van der Waals surface area contributed by atoms with Gasteiger partial charge in [0.2, 0.25) is 10.0 Å². The second-order valence-corrected chi connectivity index (χ2v) is 7.36.